The number of methoxy groups -OCH3 is 1. The van der Waals surface area contributed by atoms with Crippen LogP contribution in [-0.4, -0.2) is 30.4 Å². The Morgan fingerprint density at radius 2 is 2.07 bits per heavy atom. The van der Waals surface area contributed by atoms with Gasteiger partial charge in [-0.2, -0.15) is 0 Å². The first-order valence-corrected chi connectivity index (χ1v) is 6.72. The summed E-state index contributed by atoms with van der Waals surface area (Å²) in [5.74, 6) is 2.09. The standard InChI is InChI=1S/C11H21NOS/c1-9-7-12-10(14-8-9)11(13-2)5-3-4-6-11/h9-10,12H,3-8H2,1-2H3. The average molecular weight is 215 g/mol. The van der Waals surface area contributed by atoms with Crippen molar-refractivity contribution >= 4 is 11.8 Å². The molecule has 3 heteroatoms. The lowest BCUT2D eigenvalue weighted by Gasteiger charge is -2.40. The lowest BCUT2D eigenvalue weighted by atomic mass is 10.0. The summed E-state index contributed by atoms with van der Waals surface area (Å²) in [6, 6.07) is 0. The van der Waals surface area contributed by atoms with Crippen LogP contribution in [0.15, 0.2) is 0 Å². The second kappa shape index (κ2) is 4.42. The predicted octanol–water partition coefficient (Wildman–Crippen LogP) is 2.24. The van der Waals surface area contributed by atoms with Crippen molar-refractivity contribution in [2.45, 2.75) is 43.6 Å². The predicted molar refractivity (Wildman–Crippen MR) is 61.6 cm³/mol. The van der Waals surface area contributed by atoms with E-state index >= 15 is 0 Å². The van der Waals surface area contributed by atoms with Gasteiger partial charge in [-0.25, -0.2) is 0 Å². The number of hydrogen-bond acceptors (Lipinski definition) is 3. The van der Waals surface area contributed by atoms with E-state index in [1.165, 1.54) is 31.4 Å². The highest BCUT2D eigenvalue weighted by Gasteiger charge is 2.43. The third-order valence-electron chi connectivity index (χ3n) is 3.53. The minimum Gasteiger partial charge on any atom is -0.376 e. The van der Waals surface area contributed by atoms with Gasteiger partial charge in [-0.15, -0.1) is 11.8 Å². The van der Waals surface area contributed by atoms with Crippen LogP contribution in [0.1, 0.15) is 32.6 Å². The van der Waals surface area contributed by atoms with E-state index in [4.69, 9.17) is 4.74 Å². The maximum atomic E-state index is 5.79. The normalized spacial score (nSPS) is 37.3. The summed E-state index contributed by atoms with van der Waals surface area (Å²) in [7, 11) is 1.88. The topological polar surface area (TPSA) is 21.3 Å². The molecule has 0 spiro atoms. The van der Waals surface area contributed by atoms with E-state index in [1.807, 2.05) is 7.11 Å². The number of thioether (sulfide) groups is 1. The molecule has 1 aliphatic heterocycles. The summed E-state index contributed by atoms with van der Waals surface area (Å²) >= 11 is 2.06. The molecule has 0 aromatic heterocycles. The molecular weight excluding hydrogens is 194 g/mol. The van der Waals surface area contributed by atoms with Crippen molar-refractivity contribution in [1.82, 2.24) is 5.32 Å². The SMILES string of the molecule is COC1(C2NCC(C)CS2)CCCC1. The molecule has 1 N–H and O–H groups in total. The molecular formula is C11H21NOS. The first-order chi connectivity index (χ1) is 6.77. The van der Waals surface area contributed by atoms with Gasteiger partial charge in [0, 0.05) is 7.11 Å². The van der Waals surface area contributed by atoms with Crippen LogP contribution in [0.2, 0.25) is 0 Å². The highest BCUT2D eigenvalue weighted by Crippen LogP contribution is 2.41. The summed E-state index contributed by atoms with van der Waals surface area (Å²) in [4.78, 5) is 0. The molecule has 14 heavy (non-hydrogen) atoms. The van der Waals surface area contributed by atoms with Crippen molar-refractivity contribution in [1.29, 1.82) is 0 Å². The van der Waals surface area contributed by atoms with Crippen LogP contribution < -0.4 is 5.32 Å². The Labute approximate surface area is 91.2 Å². The van der Waals surface area contributed by atoms with Gasteiger partial charge in [-0.3, -0.25) is 0 Å². The van der Waals surface area contributed by atoms with Crippen molar-refractivity contribution < 1.29 is 4.74 Å². The van der Waals surface area contributed by atoms with Gasteiger partial charge in [0.15, 0.2) is 0 Å². The number of ether oxygens (including phenoxy) is 1. The highest BCUT2D eigenvalue weighted by molar-refractivity contribution is 8.00. The first-order valence-electron chi connectivity index (χ1n) is 5.67. The fourth-order valence-corrected chi connectivity index (χ4v) is 4.06. The lowest BCUT2D eigenvalue weighted by molar-refractivity contribution is -0.0140. The Morgan fingerprint density at radius 3 is 2.57 bits per heavy atom. The number of nitrogens with one attached hydrogen (secondary N) is 1. The maximum Gasteiger partial charge on any atom is 0.0924 e. The maximum absolute atomic E-state index is 5.79. The van der Waals surface area contributed by atoms with Gasteiger partial charge < -0.3 is 10.1 Å². The molecule has 1 aliphatic carbocycles. The Morgan fingerprint density at radius 1 is 1.36 bits per heavy atom. The van der Waals surface area contributed by atoms with Crippen molar-refractivity contribution in [3.05, 3.63) is 0 Å². The smallest absolute Gasteiger partial charge is 0.0924 e. The molecule has 2 rings (SSSR count). The molecule has 2 nitrogen and oxygen atoms in total. The van der Waals surface area contributed by atoms with E-state index in [1.54, 1.807) is 0 Å². The molecule has 1 saturated heterocycles. The number of hydrogen-bond donors (Lipinski definition) is 1. The van der Waals surface area contributed by atoms with Crippen LogP contribution in [0, 0.1) is 5.92 Å². The third-order valence-corrected chi connectivity index (χ3v) is 5.22. The minimum absolute atomic E-state index is 0.144. The highest BCUT2D eigenvalue weighted by atomic mass is 32.2. The zero-order valence-electron chi connectivity index (χ0n) is 9.21. The van der Waals surface area contributed by atoms with Crippen molar-refractivity contribution in [2.24, 2.45) is 5.92 Å². The fraction of sp³-hybridized carbons (Fsp3) is 1.00. The quantitative estimate of drug-likeness (QED) is 0.763. The van der Waals surface area contributed by atoms with Crippen LogP contribution in [0.5, 0.6) is 0 Å². The lowest BCUT2D eigenvalue weighted by Crippen LogP contribution is -2.52. The summed E-state index contributed by atoms with van der Waals surface area (Å²) in [6.07, 6.45) is 5.15. The van der Waals surface area contributed by atoms with E-state index in [0.717, 1.165) is 12.5 Å². The molecule has 2 fully saturated rings. The van der Waals surface area contributed by atoms with E-state index < -0.39 is 0 Å². The Balaban J connectivity index is 1.98. The Kier molecular flexibility index (Phi) is 3.40. The molecule has 0 aromatic carbocycles. The fourth-order valence-electron chi connectivity index (χ4n) is 2.57. The van der Waals surface area contributed by atoms with Crippen molar-refractivity contribution in [3.63, 3.8) is 0 Å². The molecule has 2 atom stereocenters. The zero-order valence-corrected chi connectivity index (χ0v) is 10.0. The van der Waals surface area contributed by atoms with Crippen molar-refractivity contribution in [2.75, 3.05) is 19.4 Å². The van der Waals surface area contributed by atoms with Gasteiger partial charge >= 0.3 is 0 Å². The molecule has 0 bridgehead atoms. The zero-order chi connectivity index (χ0) is 10.0. The summed E-state index contributed by atoms with van der Waals surface area (Å²) < 4.78 is 5.79. The van der Waals surface area contributed by atoms with Gasteiger partial charge in [0.05, 0.1) is 11.0 Å². The molecule has 0 amide bonds. The van der Waals surface area contributed by atoms with Crippen LogP contribution in [0.3, 0.4) is 0 Å². The molecule has 1 heterocycles. The van der Waals surface area contributed by atoms with E-state index in [0.29, 0.717) is 5.37 Å². The minimum atomic E-state index is 0.144. The first kappa shape index (κ1) is 10.8. The van der Waals surface area contributed by atoms with E-state index in [-0.39, 0.29) is 5.60 Å². The molecule has 0 radical (unpaired) electrons. The van der Waals surface area contributed by atoms with Crippen LogP contribution in [-0.2, 0) is 4.74 Å². The molecule has 1 saturated carbocycles. The molecule has 2 unspecified atom stereocenters. The van der Waals surface area contributed by atoms with Gasteiger partial charge in [-0.05, 0) is 31.1 Å². The van der Waals surface area contributed by atoms with E-state index in [9.17, 15) is 0 Å². The van der Waals surface area contributed by atoms with Crippen LogP contribution >= 0.6 is 11.8 Å². The second-order valence-electron chi connectivity index (χ2n) is 4.70. The van der Waals surface area contributed by atoms with Gasteiger partial charge in [0.25, 0.3) is 0 Å². The number of rotatable bonds is 2. The Hall–Kier alpha value is 0.270. The average Bonchev–Trinajstić information content (AvgIpc) is 2.68. The van der Waals surface area contributed by atoms with Crippen LogP contribution in [0.4, 0.5) is 0 Å². The molecule has 82 valence electrons. The summed E-state index contributed by atoms with van der Waals surface area (Å²) in [5, 5.41) is 4.17. The Bertz CT molecular complexity index is 184. The molecule has 2 aliphatic rings. The largest absolute Gasteiger partial charge is 0.376 e. The molecule has 0 aromatic rings. The van der Waals surface area contributed by atoms with Crippen LogP contribution in [0.25, 0.3) is 0 Å². The third kappa shape index (κ3) is 1.95. The summed E-state index contributed by atoms with van der Waals surface area (Å²) in [6.45, 7) is 3.47. The van der Waals surface area contributed by atoms with Gasteiger partial charge in [-0.1, -0.05) is 19.8 Å². The van der Waals surface area contributed by atoms with E-state index in [2.05, 4.69) is 24.0 Å². The van der Waals surface area contributed by atoms with Gasteiger partial charge in [0.2, 0.25) is 0 Å². The second-order valence-corrected chi connectivity index (χ2v) is 5.84. The van der Waals surface area contributed by atoms with Crippen molar-refractivity contribution in [3.8, 4) is 0 Å². The summed E-state index contributed by atoms with van der Waals surface area (Å²) in [5.41, 5.74) is 0.144. The monoisotopic (exact) mass is 215 g/mol. The van der Waals surface area contributed by atoms with Gasteiger partial charge in [0.1, 0.15) is 0 Å².